The number of carbonyl (C=O) groups is 1. The van der Waals surface area contributed by atoms with E-state index >= 15 is 0 Å². The van der Waals surface area contributed by atoms with Crippen LogP contribution in [0.5, 0.6) is 0 Å². The van der Waals surface area contributed by atoms with E-state index in [-0.39, 0.29) is 0 Å². The van der Waals surface area contributed by atoms with Crippen molar-refractivity contribution in [3.05, 3.63) is 16.5 Å². The van der Waals surface area contributed by atoms with Crippen molar-refractivity contribution in [1.82, 2.24) is 0 Å². The minimum Gasteiger partial charge on any atom is -0.477 e. The number of carboxylic acid groups (broad SMARTS) is 1. The highest BCUT2D eigenvalue weighted by Crippen LogP contribution is 2.31. The molecule has 0 aromatic carbocycles. The summed E-state index contributed by atoms with van der Waals surface area (Å²) in [6.07, 6.45) is 0.885. The van der Waals surface area contributed by atoms with Crippen molar-refractivity contribution in [2.45, 2.75) is 27.2 Å². The lowest BCUT2D eigenvalue weighted by Crippen LogP contribution is -2.21. The molecule has 3 nitrogen and oxygen atoms in total. The van der Waals surface area contributed by atoms with E-state index in [1.165, 1.54) is 11.3 Å². The molecule has 0 radical (unpaired) electrons. The molecule has 1 N–H and O–H groups in total. The Morgan fingerprint density at radius 1 is 1.40 bits per heavy atom. The van der Waals surface area contributed by atoms with Crippen LogP contribution in [0, 0.1) is 0 Å². The first-order valence-electron chi connectivity index (χ1n) is 5.24. The second-order valence-electron chi connectivity index (χ2n) is 3.27. The third-order valence-corrected chi connectivity index (χ3v) is 3.66. The second-order valence-corrected chi connectivity index (χ2v) is 4.30. The standard InChI is InChI=1S/C11H17NO2S/c1-4-8-7-9(11(13)14)15-10(8)12(5-2)6-3/h7H,4-6H2,1-3H3,(H,13,14). The minimum atomic E-state index is -0.826. The molecule has 1 aromatic heterocycles. The maximum absolute atomic E-state index is 10.9. The molecular formula is C11H17NO2S. The van der Waals surface area contributed by atoms with Crippen LogP contribution >= 0.6 is 11.3 Å². The first kappa shape index (κ1) is 12.0. The fraction of sp³-hybridized carbons (Fsp3) is 0.545. The summed E-state index contributed by atoms with van der Waals surface area (Å²) in [6.45, 7) is 8.07. The summed E-state index contributed by atoms with van der Waals surface area (Å²) < 4.78 is 0. The van der Waals surface area contributed by atoms with E-state index in [9.17, 15) is 4.79 Å². The molecule has 0 amide bonds. The monoisotopic (exact) mass is 227 g/mol. The van der Waals surface area contributed by atoms with E-state index < -0.39 is 5.97 Å². The van der Waals surface area contributed by atoms with Crippen molar-refractivity contribution in [3.8, 4) is 0 Å². The third-order valence-electron chi connectivity index (χ3n) is 2.43. The molecule has 0 atom stereocenters. The van der Waals surface area contributed by atoms with E-state index in [1.54, 1.807) is 6.07 Å². The summed E-state index contributed by atoms with van der Waals surface area (Å²) in [6, 6.07) is 1.79. The molecule has 84 valence electrons. The van der Waals surface area contributed by atoms with Gasteiger partial charge >= 0.3 is 5.97 Å². The van der Waals surface area contributed by atoms with Crippen LogP contribution in [0.1, 0.15) is 36.0 Å². The third kappa shape index (κ3) is 2.50. The van der Waals surface area contributed by atoms with Crippen LogP contribution in [-0.2, 0) is 6.42 Å². The molecule has 4 heteroatoms. The van der Waals surface area contributed by atoms with Gasteiger partial charge in [-0.1, -0.05) is 6.92 Å². The van der Waals surface area contributed by atoms with E-state index in [4.69, 9.17) is 5.11 Å². The smallest absolute Gasteiger partial charge is 0.345 e. The van der Waals surface area contributed by atoms with Gasteiger partial charge in [-0.2, -0.15) is 0 Å². The molecule has 1 heterocycles. The fourth-order valence-corrected chi connectivity index (χ4v) is 2.77. The minimum absolute atomic E-state index is 0.439. The van der Waals surface area contributed by atoms with Crippen molar-refractivity contribution in [2.75, 3.05) is 18.0 Å². The highest BCUT2D eigenvalue weighted by Gasteiger charge is 2.15. The number of anilines is 1. The number of rotatable bonds is 5. The van der Waals surface area contributed by atoms with Crippen molar-refractivity contribution >= 4 is 22.3 Å². The first-order chi connectivity index (χ1) is 7.13. The van der Waals surface area contributed by atoms with Crippen LogP contribution < -0.4 is 4.90 Å². The number of aromatic carboxylic acids is 1. The van der Waals surface area contributed by atoms with Gasteiger partial charge in [0.15, 0.2) is 0 Å². The largest absolute Gasteiger partial charge is 0.477 e. The number of nitrogens with zero attached hydrogens (tertiary/aromatic N) is 1. The van der Waals surface area contributed by atoms with Crippen molar-refractivity contribution in [1.29, 1.82) is 0 Å². The zero-order valence-corrected chi connectivity index (χ0v) is 10.2. The Morgan fingerprint density at radius 3 is 2.40 bits per heavy atom. The molecule has 0 saturated carbocycles. The summed E-state index contributed by atoms with van der Waals surface area (Å²) in [5.41, 5.74) is 1.14. The van der Waals surface area contributed by atoms with Gasteiger partial charge in [0.25, 0.3) is 0 Å². The summed E-state index contributed by atoms with van der Waals surface area (Å²) in [7, 11) is 0. The van der Waals surface area contributed by atoms with Gasteiger partial charge in [-0.25, -0.2) is 4.79 Å². The SMILES string of the molecule is CCc1cc(C(=O)O)sc1N(CC)CC. The predicted octanol–water partition coefficient (Wildman–Crippen LogP) is 2.85. The molecule has 0 saturated heterocycles. The number of aryl methyl sites for hydroxylation is 1. The Balaban J connectivity index is 3.09. The lowest BCUT2D eigenvalue weighted by molar-refractivity contribution is 0.0702. The number of carboxylic acids is 1. The van der Waals surface area contributed by atoms with Crippen LogP contribution in [0.4, 0.5) is 5.00 Å². The molecule has 0 aliphatic rings. The van der Waals surface area contributed by atoms with Crippen molar-refractivity contribution < 1.29 is 9.90 Å². The Bertz CT molecular complexity index is 342. The Labute approximate surface area is 94.3 Å². The zero-order chi connectivity index (χ0) is 11.4. The average molecular weight is 227 g/mol. The first-order valence-corrected chi connectivity index (χ1v) is 6.06. The van der Waals surface area contributed by atoms with Gasteiger partial charge < -0.3 is 10.0 Å². The van der Waals surface area contributed by atoms with Gasteiger partial charge in [-0.3, -0.25) is 0 Å². The van der Waals surface area contributed by atoms with Gasteiger partial charge in [-0.15, -0.1) is 11.3 Å². The molecule has 0 bridgehead atoms. The Hall–Kier alpha value is -1.03. The molecule has 0 spiro atoms. The Morgan fingerprint density at radius 2 is 2.00 bits per heavy atom. The molecule has 0 unspecified atom stereocenters. The maximum Gasteiger partial charge on any atom is 0.345 e. The summed E-state index contributed by atoms with van der Waals surface area (Å²) in [5.74, 6) is -0.826. The zero-order valence-electron chi connectivity index (χ0n) is 9.41. The summed E-state index contributed by atoms with van der Waals surface area (Å²) in [4.78, 5) is 13.5. The van der Waals surface area contributed by atoms with Gasteiger partial charge in [0.05, 0.1) is 5.00 Å². The van der Waals surface area contributed by atoms with Gasteiger partial charge in [0, 0.05) is 13.1 Å². The highest BCUT2D eigenvalue weighted by molar-refractivity contribution is 7.18. The molecule has 1 aromatic rings. The van der Waals surface area contributed by atoms with Gasteiger partial charge in [-0.05, 0) is 31.9 Å². The highest BCUT2D eigenvalue weighted by atomic mass is 32.1. The lowest BCUT2D eigenvalue weighted by atomic mass is 10.2. The summed E-state index contributed by atoms with van der Waals surface area (Å²) >= 11 is 1.38. The van der Waals surface area contributed by atoms with Crippen molar-refractivity contribution in [2.24, 2.45) is 0 Å². The fourth-order valence-electron chi connectivity index (χ4n) is 1.56. The van der Waals surface area contributed by atoms with E-state index in [2.05, 4.69) is 25.7 Å². The normalized spacial score (nSPS) is 10.3. The van der Waals surface area contributed by atoms with Crippen LogP contribution in [0.3, 0.4) is 0 Å². The molecule has 0 aliphatic carbocycles. The molecule has 1 rings (SSSR count). The van der Waals surface area contributed by atoms with E-state index in [1.807, 2.05) is 0 Å². The van der Waals surface area contributed by atoms with Crippen molar-refractivity contribution in [3.63, 3.8) is 0 Å². The predicted molar refractivity (Wildman–Crippen MR) is 64.2 cm³/mol. The average Bonchev–Trinajstić information content (AvgIpc) is 2.64. The molecular weight excluding hydrogens is 210 g/mol. The van der Waals surface area contributed by atoms with Gasteiger partial charge in [0.2, 0.25) is 0 Å². The Kier molecular flexibility index (Phi) is 4.15. The van der Waals surface area contributed by atoms with Crippen LogP contribution in [0.2, 0.25) is 0 Å². The number of thiophene rings is 1. The molecule has 0 fully saturated rings. The van der Waals surface area contributed by atoms with Crippen LogP contribution in [0.15, 0.2) is 6.07 Å². The van der Waals surface area contributed by atoms with E-state index in [0.717, 1.165) is 30.1 Å². The molecule has 0 aliphatic heterocycles. The van der Waals surface area contributed by atoms with Crippen LogP contribution in [0.25, 0.3) is 0 Å². The second kappa shape index (κ2) is 5.16. The van der Waals surface area contributed by atoms with E-state index in [0.29, 0.717) is 4.88 Å². The topological polar surface area (TPSA) is 40.5 Å². The van der Waals surface area contributed by atoms with Crippen LogP contribution in [-0.4, -0.2) is 24.2 Å². The quantitative estimate of drug-likeness (QED) is 0.841. The maximum atomic E-state index is 10.9. The lowest BCUT2D eigenvalue weighted by Gasteiger charge is -2.20. The molecule has 15 heavy (non-hydrogen) atoms. The number of hydrogen-bond acceptors (Lipinski definition) is 3. The number of hydrogen-bond donors (Lipinski definition) is 1. The summed E-state index contributed by atoms with van der Waals surface area (Å²) in [5, 5.41) is 10.0. The van der Waals surface area contributed by atoms with Gasteiger partial charge in [0.1, 0.15) is 4.88 Å².